The Kier molecular flexibility index (Phi) is 5.34. The third-order valence-electron chi connectivity index (χ3n) is 6.01. The lowest BCUT2D eigenvalue weighted by Crippen LogP contribution is -2.54. The molecule has 4 aromatic rings. The number of benzene rings is 2. The minimum atomic E-state index is -0.500. The largest absolute Gasteiger partial charge is 0.318 e. The zero-order valence-electron chi connectivity index (χ0n) is 19.0. The Morgan fingerprint density at radius 1 is 0.941 bits per heavy atom. The third-order valence-corrected chi connectivity index (χ3v) is 6.29. The minimum absolute atomic E-state index is 0.0390. The molecule has 0 saturated carbocycles. The van der Waals surface area contributed by atoms with Crippen molar-refractivity contribution in [2.24, 2.45) is 0 Å². The zero-order chi connectivity index (χ0) is 24.0. The molecule has 1 fully saturated rings. The number of carbonyl (C=O) groups excluding carboxylic acids is 2. The van der Waals surface area contributed by atoms with Crippen LogP contribution >= 0.6 is 12.2 Å². The molecule has 2 aromatic heterocycles. The smallest absolute Gasteiger partial charge is 0.270 e. The predicted octanol–water partition coefficient (Wildman–Crippen LogP) is 4.78. The lowest BCUT2D eigenvalue weighted by molar-refractivity contribution is -0.122. The van der Waals surface area contributed by atoms with Crippen LogP contribution in [0.2, 0.25) is 0 Å². The van der Waals surface area contributed by atoms with Gasteiger partial charge < -0.3 is 4.57 Å². The number of carbonyl (C=O) groups is 2. The van der Waals surface area contributed by atoms with Crippen molar-refractivity contribution in [1.29, 1.82) is 0 Å². The molecule has 168 valence electrons. The number of amides is 2. The fraction of sp³-hybridized carbons (Fsp3) is 0.111. The van der Waals surface area contributed by atoms with E-state index in [-0.39, 0.29) is 10.7 Å². The molecule has 0 radical (unpaired) electrons. The van der Waals surface area contributed by atoms with Crippen molar-refractivity contribution >= 4 is 51.8 Å². The Morgan fingerprint density at radius 3 is 2.44 bits per heavy atom. The van der Waals surface area contributed by atoms with Crippen LogP contribution in [0, 0.1) is 20.8 Å². The summed E-state index contributed by atoms with van der Waals surface area (Å²) in [5.41, 5.74) is 6.33. The monoisotopic (exact) mass is 466 g/mol. The minimum Gasteiger partial charge on any atom is -0.318 e. The summed E-state index contributed by atoms with van der Waals surface area (Å²) >= 11 is 5.30. The number of hydrogen-bond donors (Lipinski definition) is 1. The van der Waals surface area contributed by atoms with E-state index in [9.17, 15) is 9.59 Å². The standard InChI is InChI=1S/C27H22N4O2S/c1-16-6-8-21(9-7-16)31-26(33)23(25(32)29-27(31)34)15-20-13-17(2)30(18(20)3)22-10-11-24-19(14-22)5-4-12-28-24/h4-15H,1-3H3,(H,29,32,34)/b23-15+. The number of rotatable bonds is 3. The van der Waals surface area contributed by atoms with E-state index in [0.29, 0.717) is 5.69 Å². The van der Waals surface area contributed by atoms with E-state index >= 15 is 0 Å². The van der Waals surface area contributed by atoms with Gasteiger partial charge in [0.05, 0.1) is 11.2 Å². The van der Waals surface area contributed by atoms with Gasteiger partial charge in [-0.25, -0.2) is 0 Å². The van der Waals surface area contributed by atoms with Gasteiger partial charge in [0.15, 0.2) is 5.11 Å². The molecule has 34 heavy (non-hydrogen) atoms. The van der Waals surface area contributed by atoms with Gasteiger partial charge in [-0.05, 0) is 87.1 Å². The summed E-state index contributed by atoms with van der Waals surface area (Å²) in [6.07, 6.45) is 3.42. The molecule has 1 saturated heterocycles. The van der Waals surface area contributed by atoms with Gasteiger partial charge in [-0.1, -0.05) is 23.8 Å². The summed E-state index contributed by atoms with van der Waals surface area (Å²) in [6, 6.07) is 19.4. The van der Waals surface area contributed by atoms with Crippen molar-refractivity contribution in [3.8, 4) is 5.69 Å². The van der Waals surface area contributed by atoms with E-state index in [4.69, 9.17) is 12.2 Å². The van der Waals surface area contributed by atoms with Gasteiger partial charge in [0.1, 0.15) is 5.57 Å². The molecule has 1 N–H and O–H groups in total. The van der Waals surface area contributed by atoms with Crippen LogP contribution in [-0.2, 0) is 9.59 Å². The van der Waals surface area contributed by atoms with Gasteiger partial charge in [0, 0.05) is 28.7 Å². The van der Waals surface area contributed by atoms with E-state index < -0.39 is 11.8 Å². The van der Waals surface area contributed by atoms with Crippen molar-refractivity contribution in [3.63, 3.8) is 0 Å². The van der Waals surface area contributed by atoms with Gasteiger partial charge in [-0.3, -0.25) is 24.8 Å². The average Bonchev–Trinajstić information content (AvgIpc) is 3.10. The Bertz CT molecular complexity index is 1520. The Hall–Kier alpha value is -4.10. The summed E-state index contributed by atoms with van der Waals surface area (Å²) in [7, 11) is 0. The molecule has 3 heterocycles. The van der Waals surface area contributed by atoms with Crippen molar-refractivity contribution in [2.45, 2.75) is 20.8 Å². The van der Waals surface area contributed by atoms with Gasteiger partial charge in [-0.15, -0.1) is 0 Å². The van der Waals surface area contributed by atoms with Crippen LogP contribution in [-0.4, -0.2) is 26.5 Å². The van der Waals surface area contributed by atoms with Crippen molar-refractivity contribution in [3.05, 3.63) is 94.9 Å². The quantitative estimate of drug-likeness (QED) is 0.268. The normalized spacial score (nSPS) is 15.3. The van der Waals surface area contributed by atoms with Crippen LogP contribution in [0.5, 0.6) is 0 Å². The highest BCUT2D eigenvalue weighted by atomic mass is 32.1. The highest BCUT2D eigenvalue weighted by Gasteiger charge is 2.34. The molecular weight excluding hydrogens is 444 g/mol. The summed E-state index contributed by atoms with van der Waals surface area (Å²) in [5.74, 6) is -0.945. The van der Waals surface area contributed by atoms with E-state index in [1.54, 1.807) is 12.3 Å². The molecule has 0 bridgehead atoms. The highest BCUT2D eigenvalue weighted by molar-refractivity contribution is 7.80. The van der Waals surface area contributed by atoms with Crippen LogP contribution < -0.4 is 10.2 Å². The number of aromatic nitrogens is 2. The Morgan fingerprint density at radius 2 is 1.68 bits per heavy atom. The van der Waals surface area contributed by atoms with Gasteiger partial charge in [0.2, 0.25) is 0 Å². The first-order valence-corrected chi connectivity index (χ1v) is 11.3. The number of fused-ring (bicyclic) bond motifs is 1. The Labute approximate surface area is 202 Å². The molecule has 0 aliphatic carbocycles. The lowest BCUT2D eigenvalue weighted by atomic mass is 10.1. The predicted molar refractivity (Wildman–Crippen MR) is 138 cm³/mol. The van der Waals surface area contributed by atoms with Gasteiger partial charge >= 0.3 is 0 Å². The highest BCUT2D eigenvalue weighted by Crippen LogP contribution is 2.27. The first kappa shape index (κ1) is 21.7. The summed E-state index contributed by atoms with van der Waals surface area (Å²) in [4.78, 5) is 31.8. The van der Waals surface area contributed by atoms with E-state index in [1.807, 2.05) is 75.4 Å². The maximum atomic E-state index is 13.4. The van der Waals surface area contributed by atoms with Gasteiger partial charge in [-0.2, -0.15) is 0 Å². The van der Waals surface area contributed by atoms with Crippen LogP contribution in [0.4, 0.5) is 5.69 Å². The van der Waals surface area contributed by atoms with Crippen LogP contribution in [0.1, 0.15) is 22.5 Å². The summed E-state index contributed by atoms with van der Waals surface area (Å²) < 4.78 is 2.10. The molecule has 6 nitrogen and oxygen atoms in total. The maximum Gasteiger partial charge on any atom is 0.270 e. The number of thiocarbonyl (C=S) groups is 1. The second-order valence-electron chi connectivity index (χ2n) is 8.34. The molecule has 5 rings (SSSR count). The molecule has 0 atom stereocenters. The number of aryl methyl sites for hydroxylation is 2. The second kappa shape index (κ2) is 8.35. The van der Waals surface area contributed by atoms with Crippen molar-refractivity contribution in [1.82, 2.24) is 14.9 Å². The molecule has 0 spiro atoms. The summed E-state index contributed by atoms with van der Waals surface area (Å²) in [5, 5.41) is 3.77. The molecule has 1 aliphatic heterocycles. The van der Waals surface area contributed by atoms with Crippen molar-refractivity contribution in [2.75, 3.05) is 4.90 Å². The third kappa shape index (κ3) is 3.70. The maximum absolute atomic E-state index is 13.4. The molecule has 1 aliphatic rings. The van der Waals surface area contributed by atoms with E-state index in [1.165, 1.54) is 4.90 Å². The topological polar surface area (TPSA) is 67.2 Å². The zero-order valence-corrected chi connectivity index (χ0v) is 19.8. The van der Waals surface area contributed by atoms with E-state index in [0.717, 1.165) is 39.1 Å². The van der Waals surface area contributed by atoms with Crippen LogP contribution in [0.3, 0.4) is 0 Å². The number of pyridine rings is 1. The van der Waals surface area contributed by atoms with E-state index in [2.05, 4.69) is 20.9 Å². The molecular formula is C27H22N4O2S. The van der Waals surface area contributed by atoms with Gasteiger partial charge in [0.25, 0.3) is 11.8 Å². The molecule has 2 aromatic carbocycles. The molecule has 2 amide bonds. The average molecular weight is 467 g/mol. The van der Waals surface area contributed by atoms with Crippen LogP contribution in [0.15, 0.2) is 72.4 Å². The van der Waals surface area contributed by atoms with Crippen molar-refractivity contribution < 1.29 is 9.59 Å². The first-order chi connectivity index (χ1) is 16.3. The van der Waals surface area contributed by atoms with Crippen LogP contribution in [0.25, 0.3) is 22.7 Å². The fourth-order valence-electron chi connectivity index (χ4n) is 4.27. The number of hydrogen-bond acceptors (Lipinski definition) is 4. The number of anilines is 1. The molecule has 7 heteroatoms. The SMILES string of the molecule is Cc1ccc(N2C(=O)/C(=C/c3cc(C)n(-c4ccc5ncccc5c4)c3C)C(=O)NC2=S)cc1. The lowest BCUT2D eigenvalue weighted by Gasteiger charge is -2.29. The summed E-state index contributed by atoms with van der Waals surface area (Å²) in [6.45, 7) is 5.94. The first-order valence-electron chi connectivity index (χ1n) is 10.9. The second-order valence-corrected chi connectivity index (χ2v) is 8.72. The Balaban J connectivity index is 1.56. The number of nitrogens with zero attached hydrogens (tertiary/aromatic N) is 3. The molecule has 0 unspecified atom stereocenters. The number of nitrogens with one attached hydrogen (secondary N) is 1. The fourth-order valence-corrected chi connectivity index (χ4v) is 4.56.